The number of anilines is 1. The van der Waals surface area contributed by atoms with Crippen molar-refractivity contribution in [2.45, 2.75) is 31.2 Å². The van der Waals surface area contributed by atoms with Gasteiger partial charge in [-0.05, 0) is 43.2 Å². The molecule has 28 heavy (non-hydrogen) atoms. The Morgan fingerprint density at radius 3 is 2.36 bits per heavy atom. The van der Waals surface area contributed by atoms with Crippen molar-refractivity contribution in [2.24, 2.45) is 0 Å². The molecule has 2 rings (SSSR count). The number of esters is 1. The maximum absolute atomic E-state index is 13.7. The number of benzene rings is 2. The fourth-order valence-electron chi connectivity index (χ4n) is 2.29. The lowest BCUT2D eigenvalue weighted by atomic mass is 10.1. The lowest BCUT2D eigenvalue weighted by molar-refractivity contribution is -0.148. The van der Waals surface area contributed by atoms with Crippen molar-refractivity contribution in [2.75, 3.05) is 11.9 Å². The first-order chi connectivity index (χ1) is 13.2. The topological polar surface area (TPSA) is 102 Å². The minimum atomic E-state index is -4.26. The van der Waals surface area contributed by atoms with Gasteiger partial charge in [-0.25, -0.2) is 12.8 Å². The van der Waals surface area contributed by atoms with E-state index in [-0.39, 0.29) is 0 Å². The maximum Gasteiger partial charge on any atom is 0.324 e. The predicted molar refractivity (Wildman–Crippen MR) is 102 cm³/mol. The van der Waals surface area contributed by atoms with Crippen LogP contribution in [0.1, 0.15) is 19.4 Å². The molecule has 0 unspecified atom stereocenters. The Balaban J connectivity index is 1.88. The highest BCUT2D eigenvalue weighted by atomic mass is 32.2. The van der Waals surface area contributed by atoms with Crippen LogP contribution < -0.4 is 10.0 Å². The van der Waals surface area contributed by atoms with Gasteiger partial charge in [0.1, 0.15) is 16.8 Å². The number of hydrogen-bond donors (Lipinski definition) is 2. The Hall–Kier alpha value is -2.78. The molecule has 0 spiro atoms. The first kappa shape index (κ1) is 21.5. The number of carbonyl (C=O) groups excluding carboxylic acids is 2. The van der Waals surface area contributed by atoms with Crippen LogP contribution in [0.2, 0.25) is 0 Å². The van der Waals surface area contributed by atoms with Crippen LogP contribution in [-0.4, -0.2) is 32.9 Å². The summed E-state index contributed by atoms with van der Waals surface area (Å²) in [5, 5.41) is 2.56. The number of aryl methyl sites for hydroxylation is 1. The Morgan fingerprint density at radius 1 is 1.11 bits per heavy atom. The van der Waals surface area contributed by atoms with Crippen LogP contribution >= 0.6 is 0 Å². The van der Waals surface area contributed by atoms with E-state index in [1.54, 1.807) is 12.1 Å². The van der Waals surface area contributed by atoms with Crippen LogP contribution in [0.15, 0.2) is 53.4 Å². The van der Waals surface area contributed by atoms with E-state index in [2.05, 4.69) is 5.32 Å². The lowest BCUT2D eigenvalue weighted by Gasteiger charge is -2.14. The zero-order valence-electron chi connectivity index (χ0n) is 15.4. The molecule has 0 saturated carbocycles. The zero-order valence-corrected chi connectivity index (χ0v) is 16.3. The highest BCUT2D eigenvalue weighted by Gasteiger charge is 2.25. The molecular weight excluding hydrogens is 387 g/mol. The predicted octanol–water partition coefficient (Wildman–Crippen LogP) is 2.24. The van der Waals surface area contributed by atoms with Gasteiger partial charge >= 0.3 is 5.97 Å². The van der Waals surface area contributed by atoms with Gasteiger partial charge in [-0.2, -0.15) is 4.72 Å². The number of sulfonamides is 1. The summed E-state index contributed by atoms with van der Waals surface area (Å²) in [6, 6.07) is 10.7. The highest BCUT2D eigenvalue weighted by molar-refractivity contribution is 7.89. The van der Waals surface area contributed by atoms with Gasteiger partial charge in [-0.1, -0.05) is 31.2 Å². The van der Waals surface area contributed by atoms with E-state index in [1.165, 1.54) is 19.1 Å². The average molecular weight is 408 g/mol. The molecular formula is C19H21FN2O5S. The first-order valence-corrected chi connectivity index (χ1v) is 10.0. The van der Waals surface area contributed by atoms with Crippen molar-refractivity contribution in [3.63, 3.8) is 0 Å². The summed E-state index contributed by atoms with van der Waals surface area (Å²) in [7, 11) is -4.26. The molecule has 1 amide bonds. The fraction of sp³-hybridized carbons (Fsp3) is 0.263. The van der Waals surface area contributed by atoms with Crippen molar-refractivity contribution in [3.8, 4) is 0 Å². The molecule has 0 aromatic heterocycles. The van der Waals surface area contributed by atoms with Gasteiger partial charge in [0.25, 0.3) is 5.91 Å². The number of halogens is 1. The van der Waals surface area contributed by atoms with Gasteiger partial charge in [0.05, 0.1) is 0 Å². The third-order valence-electron chi connectivity index (χ3n) is 3.80. The van der Waals surface area contributed by atoms with Crippen LogP contribution in [-0.2, 0) is 30.8 Å². The van der Waals surface area contributed by atoms with Crippen molar-refractivity contribution in [1.82, 2.24) is 4.72 Å². The molecule has 2 aromatic rings. The van der Waals surface area contributed by atoms with E-state index in [9.17, 15) is 22.4 Å². The second-order valence-corrected chi connectivity index (χ2v) is 7.66. The number of carbonyl (C=O) groups is 2. The van der Waals surface area contributed by atoms with Crippen molar-refractivity contribution < 1.29 is 27.1 Å². The summed E-state index contributed by atoms with van der Waals surface area (Å²) in [4.78, 5) is 23.2. The summed E-state index contributed by atoms with van der Waals surface area (Å²) >= 11 is 0. The molecule has 1 atom stereocenters. The minimum absolute atomic E-state index is 0.548. The second-order valence-electron chi connectivity index (χ2n) is 5.98. The van der Waals surface area contributed by atoms with E-state index >= 15 is 0 Å². The van der Waals surface area contributed by atoms with Crippen molar-refractivity contribution in [1.29, 1.82) is 0 Å². The van der Waals surface area contributed by atoms with Gasteiger partial charge in [0.2, 0.25) is 10.0 Å². The Labute approximate surface area is 163 Å². The zero-order chi connectivity index (χ0) is 20.7. The summed E-state index contributed by atoms with van der Waals surface area (Å²) < 4.78 is 44.8. The lowest BCUT2D eigenvalue weighted by Crippen LogP contribution is -2.40. The van der Waals surface area contributed by atoms with Gasteiger partial charge in [-0.3, -0.25) is 9.59 Å². The first-order valence-electron chi connectivity index (χ1n) is 8.55. The second kappa shape index (κ2) is 9.43. The molecule has 150 valence electrons. The number of amides is 1. The smallest absolute Gasteiger partial charge is 0.324 e. The normalized spacial score (nSPS) is 12.2. The highest BCUT2D eigenvalue weighted by Crippen LogP contribution is 2.14. The standard InChI is InChI=1S/C19H21FN2O5S/c1-3-14-8-10-15(11-9-14)21-18(23)12-27-19(24)13(2)22-28(25,26)17-7-5-4-6-16(17)20/h4-11,13,22H,3,12H2,1-2H3,(H,21,23)/t13-/m0/s1. The fourth-order valence-corrected chi connectivity index (χ4v) is 3.56. The number of rotatable bonds is 8. The molecule has 2 aromatic carbocycles. The van der Waals surface area contributed by atoms with Gasteiger partial charge in [0.15, 0.2) is 6.61 Å². The Morgan fingerprint density at radius 2 is 1.75 bits per heavy atom. The third-order valence-corrected chi connectivity index (χ3v) is 5.38. The molecule has 0 bridgehead atoms. The summed E-state index contributed by atoms with van der Waals surface area (Å²) in [6.45, 7) is 2.66. The molecule has 0 aliphatic heterocycles. The van der Waals surface area contributed by atoms with Crippen LogP contribution in [0, 0.1) is 5.82 Å². The molecule has 0 fully saturated rings. The van der Waals surface area contributed by atoms with E-state index in [0.29, 0.717) is 5.69 Å². The molecule has 0 radical (unpaired) electrons. The molecule has 0 aliphatic rings. The van der Waals surface area contributed by atoms with E-state index < -0.39 is 45.3 Å². The quantitative estimate of drug-likeness (QED) is 0.653. The molecule has 0 aliphatic carbocycles. The Kier molecular flexibility index (Phi) is 7.24. The SMILES string of the molecule is CCc1ccc(NC(=O)COC(=O)[C@H](C)NS(=O)(=O)c2ccccc2F)cc1. The monoisotopic (exact) mass is 408 g/mol. The Bertz CT molecular complexity index is 945. The van der Waals surface area contributed by atoms with Gasteiger partial charge < -0.3 is 10.1 Å². The van der Waals surface area contributed by atoms with E-state index in [0.717, 1.165) is 24.1 Å². The third kappa shape index (κ3) is 5.86. The van der Waals surface area contributed by atoms with E-state index in [1.807, 2.05) is 23.8 Å². The summed E-state index contributed by atoms with van der Waals surface area (Å²) in [5.41, 5.74) is 1.66. The maximum atomic E-state index is 13.7. The van der Waals surface area contributed by atoms with Crippen LogP contribution in [0.4, 0.5) is 10.1 Å². The van der Waals surface area contributed by atoms with Crippen molar-refractivity contribution >= 4 is 27.6 Å². The number of ether oxygens (including phenoxy) is 1. The average Bonchev–Trinajstić information content (AvgIpc) is 2.66. The largest absolute Gasteiger partial charge is 0.454 e. The van der Waals surface area contributed by atoms with Crippen LogP contribution in [0.25, 0.3) is 0 Å². The van der Waals surface area contributed by atoms with Crippen LogP contribution in [0.5, 0.6) is 0 Å². The van der Waals surface area contributed by atoms with Gasteiger partial charge in [0, 0.05) is 5.69 Å². The summed E-state index contributed by atoms with van der Waals surface area (Å²) in [5.74, 6) is -2.47. The molecule has 7 nitrogen and oxygen atoms in total. The summed E-state index contributed by atoms with van der Waals surface area (Å²) in [6.07, 6.45) is 0.868. The molecule has 0 heterocycles. The molecule has 9 heteroatoms. The molecule has 2 N–H and O–H groups in total. The van der Waals surface area contributed by atoms with E-state index in [4.69, 9.17) is 4.74 Å². The number of hydrogen-bond acceptors (Lipinski definition) is 5. The molecule has 0 saturated heterocycles. The number of nitrogens with one attached hydrogen (secondary N) is 2. The minimum Gasteiger partial charge on any atom is -0.454 e. The van der Waals surface area contributed by atoms with Crippen molar-refractivity contribution in [3.05, 3.63) is 59.9 Å². The van der Waals surface area contributed by atoms with Gasteiger partial charge in [-0.15, -0.1) is 0 Å². The van der Waals surface area contributed by atoms with Crippen LogP contribution in [0.3, 0.4) is 0 Å².